The van der Waals surface area contributed by atoms with Crippen LogP contribution in [0.25, 0.3) is 0 Å². The van der Waals surface area contributed by atoms with E-state index in [1.807, 2.05) is 32.2 Å². The monoisotopic (exact) mass is 274 g/mol. The van der Waals surface area contributed by atoms with Gasteiger partial charge in [-0.1, -0.05) is 6.07 Å². The van der Waals surface area contributed by atoms with Crippen molar-refractivity contribution >= 4 is 5.97 Å². The van der Waals surface area contributed by atoms with Gasteiger partial charge in [-0.15, -0.1) is 0 Å². The van der Waals surface area contributed by atoms with Crippen molar-refractivity contribution in [3.8, 4) is 0 Å². The molecule has 0 bridgehead atoms. The number of aromatic nitrogens is 1. The third-order valence-corrected chi connectivity index (χ3v) is 3.05. The molecule has 2 aromatic rings. The number of nitrogens with zero attached hydrogens (tertiary/aromatic N) is 2. The highest BCUT2D eigenvalue weighted by Gasteiger charge is 2.14. The Morgan fingerprint density at radius 1 is 1.35 bits per heavy atom. The first-order valence-corrected chi connectivity index (χ1v) is 6.39. The Morgan fingerprint density at radius 3 is 2.70 bits per heavy atom. The predicted octanol–water partition coefficient (Wildman–Crippen LogP) is 2.62. The molecule has 0 aliphatic carbocycles. The third-order valence-electron chi connectivity index (χ3n) is 3.05. The zero-order valence-electron chi connectivity index (χ0n) is 11.9. The highest BCUT2D eigenvalue weighted by Crippen LogP contribution is 2.17. The van der Waals surface area contributed by atoms with Crippen LogP contribution in [0.3, 0.4) is 0 Å². The smallest absolute Gasteiger partial charge is 0.371 e. The molecule has 0 saturated carbocycles. The van der Waals surface area contributed by atoms with Gasteiger partial charge < -0.3 is 9.52 Å². The first kappa shape index (κ1) is 14.3. The summed E-state index contributed by atoms with van der Waals surface area (Å²) in [4.78, 5) is 17.4. The van der Waals surface area contributed by atoms with E-state index in [1.54, 1.807) is 13.0 Å². The molecule has 5 nitrogen and oxygen atoms in total. The summed E-state index contributed by atoms with van der Waals surface area (Å²) < 4.78 is 5.20. The molecule has 20 heavy (non-hydrogen) atoms. The Balaban J connectivity index is 2.04. The molecule has 106 valence electrons. The number of hydrogen-bond acceptors (Lipinski definition) is 4. The van der Waals surface area contributed by atoms with E-state index in [-0.39, 0.29) is 5.76 Å². The lowest BCUT2D eigenvalue weighted by atomic mass is 10.2. The largest absolute Gasteiger partial charge is 0.475 e. The lowest BCUT2D eigenvalue weighted by molar-refractivity contribution is 0.0661. The van der Waals surface area contributed by atoms with E-state index in [0.717, 1.165) is 17.0 Å². The normalized spacial score (nSPS) is 11.0. The number of aryl methyl sites for hydroxylation is 2. The minimum absolute atomic E-state index is 0.0143. The minimum atomic E-state index is -1.04. The molecule has 0 saturated heterocycles. The molecule has 2 aromatic heterocycles. The second-order valence-electron chi connectivity index (χ2n) is 4.94. The van der Waals surface area contributed by atoms with Crippen LogP contribution in [0.5, 0.6) is 0 Å². The van der Waals surface area contributed by atoms with Crippen LogP contribution < -0.4 is 0 Å². The van der Waals surface area contributed by atoms with E-state index >= 15 is 0 Å². The lowest BCUT2D eigenvalue weighted by Crippen LogP contribution is -2.18. The SMILES string of the molecule is Cc1cccc(CN(C)Cc2cc(C(=O)O)oc2C)n1. The van der Waals surface area contributed by atoms with Crippen LogP contribution in [0.2, 0.25) is 0 Å². The molecule has 0 aromatic carbocycles. The molecule has 0 aliphatic rings. The van der Waals surface area contributed by atoms with Crippen LogP contribution in [0.1, 0.15) is 33.3 Å². The molecule has 0 spiro atoms. The number of carboxylic acid groups (broad SMARTS) is 1. The van der Waals surface area contributed by atoms with E-state index in [4.69, 9.17) is 9.52 Å². The molecule has 0 atom stereocenters. The van der Waals surface area contributed by atoms with Crippen molar-refractivity contribution in [1.29, 1.82) is 0 Å². The quantitative estimate of drug-likeness (QED) is 0.907. The fourth-order valence-corrected chi connectivity index (χ4v) is 2.09. The summed E-state index contributed by atoms with van der Waals surface area (Å²) in [5, 5.41) is 8.91. The van der Waals surface area contributed by atoms with Gasteiger partial charge in [0.25, 0.3) is 0 Å². The Hall–Kier alpha value is -2.14. The fraction of sp³-hybridized carbons (Fsp3) is 0.333. The number of furan rings is 1. The highest BCUT2D eigenvalue weighted by atomic mass is 16.4. The van der Waals surface area contributed by atoms with Crippen LogP contribution in [-0.2, 0) is 13.1 Å². The van der Waals surface area contributed by atoms with Crippen molar-refractivity contribution in [2.45, 2.75) is 26.9 Å². The molecule has 0 radical (unpaired) electrons. The number of rotatable bonds is 5. The molecule has 0 unspecified atom stereocenters. The van der Waals surface area contributed by atoms with Gasteiger partial charge in [-0.3, -0.25) is 9.88 Å². The summed E-state index contributed by atoms with van der Waals surface area (Å²) in [5.41, 5.74) is 2.87. The van der Waals surface area contributed by atoms with Crippen LogP contribution in [0.4, 0.5) is 0 Å². The molecule has 2 rings (SSSR count). The van der Waals surface area contributed by atoms with Crippen molar-refractivity contribution in [1.82, 2.24) is 9.88 Å². The number of carbonyl (C=O) groups is 1. The van der Waals surface area contributed by atoms with E-state index < -0.39 is 5.97 Å². The van der Waals surface area contributed by atoms with Gasteiger partial charge in [-0.2, -0.15) is 0 Å². The maximum atomic E-state index is 10.9. The number of aromatic carboxylic acids is 1. The van der Waals surface area contributed by atoms with Gasteiger partial charge in [-0.25, -0.2) is 4.79 Å². The average molecular weight is 274 g/mol. The first-order valence-electron chi connectivity index (χ1n) is 6.39. The number of pyridine rings is 1. The Kier molecular flexibility index (Phi) is 4.20. The van der Waals surface area contributed by atoms with Crippen molar-refractivity contribution in [3.05, 3.63) is 52.7 Å². The van der Waals surface area contributed by atoms with Gasteiger partial charge >= 0.3 is 5.97 Å². The zero-order valence-corrected chi connectivity index (χ0v) is 11.9. The second-order valence-corrected chi connectivity index (χ2v) is 4.94. The van der Waals surface area contributed by atoms with E-state index in [1.165, 1.54) is 0 Å². The van der Waals surface area contributed by atoms with Crippen LogP contribution >= 0.6 is 0 Å². The van der Waals surface area contributed by atoms with Gasteiger partial charge in [0.15, 0.2) is 0 Å². The lowest BCUT2D eigenvalue weighted by Gasteiger charge is -2.15. The van der Waals surface area contributed by atoms with E-state index in [2.05, 4.69) is 9.88 Å². The third kappa shape index (κ3) is 3.45. The molecular weight excluding hydrogens is 256 g/mol. The minimum Gasteiger partial charge on any atom is -0.475 e. The average Bonchev–Trinajstić information content (AvgIpc) is 2.71. The van der Waals surface area contributed by atoms with Gasteiger partial charge in [0, 0.05) is 24.3 Å². The Bertz CT molecular complexity index is 619. The number of hydrogen-bond donors (Lipinski definition) is 1. The zero-order chi connectivity index (χ0) is 14.7. The van der Waals surface area contributed by atoms with E-state index in [0.29, 0.717) is 18.8 Å². The Morgan fingerprint density at radius 2 is 2.10 bits per heavy atom. The highest BCUT2D eigenvalue weighted by molar-refractivity contribution is 5.84. The maximum absolute atomic E-state index is 10.9. The van der Waals surface area contributed by atoms with Crippen LogP contribution in [-0.4, -0.2) is 28.0 Å². The predicted molar refractivity (Wildman–Crippen MR) is 74.5 cm³/mol. The molecule has 0 aliphatic heterocycles. The summed E-state index contributed by atoms with van der Waals surface area (Å²) in [6, 6.07) is 7.51. The van der Waals surface area contributed by atoms with Crippen molar-refractivity contribution in [2.24, 2.45) is 0 Å². The molecular formula is C15H18N2O3. The topological polar surface area (TPSA) is 66.6 Å². The molecule has 1 N–H and O–H groups in total. The van der Waals surface area contributed by atoms with Gasteiger partial charge in [0.05, 0.1) is 5.69 Å². The van der Waals surface area contributed by atoms with Crippen LogP contribution in [0, 0.1) is 13.8 Å². The summed E-state index contributed by atoms with van der Waals surface area (Å²) in [7, 11) is 1.97. The van der Waals surface area contributed by atoms with Gasteiger partial charge in [-0.05, 0) is 39.1 Å². The molecule has 5 heteroatoms. The maximum Gasteiger partial charge on any atom is 0.371 e. The van der Waals surface area contributed by atoms with Gasteiger partial charge in [0.2, 0.25) is 5.76 Å². The summed E-state index contributed by atoms with van der Waals surface area (Å²) in [6.07, 6.45) is 0. The van der Waals surface area contributed by atoms with E-state index in [9.17, 15) is 4.79 Å². The second kappa shape index (κ2) is 5.88. The summed E-state index contributed by atoms with van der Waals surface area (Å²) in [6.45, 7) is 5.07. The molecule has 0 amide bonds. The summed E-state index contributed by atoms with van der Waals surface area (Å²) >= 11 is 0. The first-order chi connectivity index (χ1) is 9.45. The summed E-state index contributed by atoms with van der Waals surface area (Å²) in [5.74, 6) is -0.409. The standard InChI is InChI=1S/C15H18N2O3/c1-10-5-4-6-13(16-10)9-17(3)8-12-7-14(15(18)19)20-11(12)2/h4-7H,8-9H2,1-3H3,(H,18,19). The fourth-order valence-electron chi connectivity index (χ4n) is 2.09. The van der Waals surface area contributed by atoms with Crippen molar-refractivity contribution in [2.75, 3.05) is 7.05 Å². The van der Waals surface area contributed by atoms with Crippen molar-refractivity contribution in [3.63, 3.8) is 0 Å². The molecule has 0 fully saturated rings. The van der Waals surface area contributed by atoms with Crippen molar-refractivity contribution < 1.29 is 14.3 Å². The number of carboxylic acids is 1. The Labute approximate surface area is 117 Å². The van der Waals surface area contributed by atoms with Gasteiger partial charge in [0.1, 0.15) is 5.76 Å². The van der Waals surface area contributed by atoms with Crippen LogP contribution in [0.15, 0.2) is 28.7 Å². The molecule has 2 heterocycles.